The van der Waals surface area contributed by atoms with E-state index in [1.165, 1.54) is 12.1 Å². The molecule has 0 aromatic heterocycles. The van der Waals surface area contributed by atoms with Crippen LogP contribution in [-0.2, 0) is 9.53 Å². The number of esters is 1. The van der Waals surface area contributed by atoms with Crippen molar-refractivity contribution in [3.63, 3.8) is 0 Å². The van der Waals surface area contributed by atoms with E-state index < -0.39 is 5.97 Å². The first kappa shape index (κ1) is 18.8. The molecule has 0 radical (unpaired) electrons. The van der Waals surface area contributed by atoms with Crippen LogP contribution in [0.1, 0.15) is 28.4 Å². The van der Waals surface area contributed by atoms with Gasteiger partial charge in [0, 0.05) is 5.69 Å². The number of anilines is 1. The van der Waals surface area contributed by atoms with Crippen LogP contribution in [-0.4, -0.2) is 25.1 Å². The lowest BCUT2D eigenvalue weighted by Gasteiger charge is -2.12. The Kier molecular flexibility index (Phi) is 6.42. The number of hydrogen-bond acceptors (Lipinski definition) is 4. The van der Waals surface area contributed by atoms with Gasteiger partial charge in [-0.1, -0.05) is 23.7 Å². The molecule has 0 aliphatic heterocycles. The number of halogens is 1. The van der Waals surface area contributed by atoms with Crippen LogP contribution < -0.4 is 10.1 Å². The third-order valence-corrected chi connectivity index (χ3v) is 3.99. The van der Waals surface area contributed by atoms with Gasteiger partial charge in [0.25, 0.3) is 5.91 Å². The number of hydrogen-bond donors (Lipinski definition) is 1. The molecule has 6 heteroatoms. The summed E-state index contributed by atoms with van der Waals surface area (Å²) < 4.78 is 10.5. The van der Waals surface area contributed by atoms with Crippen LogP contribution in [0.25, 0.3) is 0 Å². The fourth-order valence-corrected chi connectivity index (χ4v) is 2.38. The van der Waals surface area contributed by atoms with Gasteiger partial charge in [-0.15, -0.1) is 0 Å². The van der Waals surface area contributed by atoms with E-state index in [1.54, 1.807) is 13.0 Å². The van der Waals surface area contributed by atoms with E-state index in [0.717, 1.165) is 11.1 Å². The molecule has 0 saturated carbocycles. The van der Waals surface area contributed by atoms with Gasteiger partial charge in [-0.3, -0.25) is 4.79 Å². The van der Waals surface area contributed by atoms with Crippen LogP contribution in [0.15, 0.2) is 36.4 Å². The first-order valence-electron chi connectivity index (χ1n) is 7.88. The van der Waals surface area contributed by atoms with Gasteiger partial charge in [-0.05, 0) is 56.2 Å². The fraction of sp³-hybridized carbons (Fsp3) is 0.263. The number of carbonyl (C=O) groups is 2. The van der Waals surface area contributed by atoms with E-state index in [2.05, 4.69) is 5.32 Å². The topological polar surface area (TPSA) is 64.6 Å². The summed E-state index contributed by atoms with van der Waals surface area (Å²) >= 11 is 6.00. The van der Waals surface area contributed by atoms with E-state index in [4.69, 9.17) is 21.1 Å². The second-order valence-electron chi connectivity index (χ2n) is 5.45. The summed E-state index contributed by atoms with van der Waals surface area (Å²) in [6, 6.07) is 10.3. The minimum Gasteiger partial charge on any atom is -0.483 e. The summed E-state index contributed by atoms with van der Waals surface area (Å²) in [5.41, 5.74) is 2.74. The zero-order valence-corrected chi connectivity index (χ0v) is 15.1. The van der Waals surface area contributed by atoms with Crippen molar-refractivity contribution < 1.29 is 19.1 Å². The smallest absolute Gasteiger partial charge is 0.339 e. The molecule has 1 amide bonds. The molecule has 1 N–H and O–H groups in total. The third kappa shape index (κ3) is 4.97. The molecule has 2 rings (SSSR count). The Morgan fingerprint density at radius 2 is 1.92 bits per heavy atom. The van der Waals surface area contributed by atoms with Crippen molar-refractivity contribution in [1.82, 2.24) is 0 Å². The van der Waals surface area contributed by atoms with Crippen molar-refractivity contribution in [2.75, 3.05) is 18.5 Å². The van der Waals surface area contributed by atoms with E-state index in [-0.39, 0.29) is 29.7 Å². The minimum absolute atomic E-state index is 0.137. The quantitative estimate of drug-likeness (QED) is 0.785. The highest BCUT2D eigenvalue weighted by Crippen LogP contribution is 2.22. The van der Waals surface area contributed by atoms with Crippen LogP contribution in [0.3, 0.4) is 0 Å². The highest BCUT2D eigenvalue weighted by molar-refractivity contribution is 6.33. The highest BCUT2D eigenvalue weighted by atomic mass is 35.5. The predicted molar refractivity (Wildman–Crippen MR) is 97.4 cm³/mol. The maximum absolute atomic E-state index is 12.1. The lowest BCUT2D eigenvalue weighted by atomic mass is 10.1. The summed E-state index contributed by atoms with van der Waals surface area (Å²) in [5.74, 6) is -0.202. The van der Waals surface area contributed by atoms with Crippen molar-refractivity contribution in [2.45, 2.75) is 20.8 Å². The Morgan fingerprint density at radius 1 is 1.16 bits per heavy atom. The fourth-order valence-electron chi connectivity index (χ4n) is 2.19. The minimum atomic E-state index is -0.532. The normalized spacial score (nSPS) is 10.2. The van der Waals surface area contributed by atoms with Crippen molar-refractivity contribution in [2.24, 2.45) is 0 Å². The first-order valence-corrected chi connectivity index (χ1v) is 8.25. The standard InChI is InChI=1S/C19H20ClNO4/c1-4-24-19(23)15-10-14(8-9-16(15)20)21-18(22)11-25-17-7-5-6-12(2)13(17)3/h5-10H,4,11H2,1-3H3,(H,21,22). The number of ether oxygens (including phenoxy) is 2. The maximum Gasteiger partial charge on any atom is 0.339 e. The van der Waals surface area contributed by atoms with E-state index in [1.807, 2.05) is 32.0 Å². The molecule has 0 aliphatic carbocycles. The van der Waals surface area contributed by atoms with E-state index in [0.29, 0.717) is 11.4 Å². The largest absolute Gasteiger partial charge is 0.483 e. The Bertz CT molecular complexity index is 789. The Labute approximate surface area is 151 Å². The third-order valence-electron chi connectivity index (χ3n) is 3.66. The summed E-state index contributed by atoms with van der Waals surface area (Å²) in [4.78, 5) is 23.9. The number of aryl methyl sites for hydroxylation is 1. The average Bonchev–Trinajstić information content (AvgIpc) is 2.58. The van der Waals surface area contributed by atoms with Gasteiger partial charge in [0.1, 0.15) is 5.75 Å². The average molecular weight is 362 g/mol. The van der Waals surface area contributed by atoms with Crippen molar-refractivity contribution >= 4 is 29.2 Å². The molecule has 0 saturated heterocycles. The summed E-state index contributed by atoms with van der Waals surface area (Å²) in [7, 11) is 0. The molecular weight excluding hydrogens is 342 g/mol. The van der Waals surface area contributed by atoms with Gasteiger partial charge < -0.3 is 14.8 Å². The van der Waals surface area contributed by atoms with Crippen LogP contribution in [0, 0.1) is 13.8 Å². The molecule has 0 aliphatic rings. The van der Waals surface area contributed by atoms with Crippen LogP contribution in [0.5, 0.6) is 5.75 Å². The monoisotopic (exact) mass is 361 g/mol. The SMILES string of the molecule is CCOC(=O)c1cc(NC(=O)COc2cccc(C)c2C)ccc1Cl. The van der Waals surface area contributed by atoms with Crippen LogP contribution in [0.4, 0.5) is 5.69 Å². The van der Waals surface area contributed by atoms with Gasteiger partial charge in [-0.25, -0.2) is 4.79 Å². The van der Waals surface area contributed by atoms with Gasteiger partial charge in [-0.2, -0.15) is 0 Å². The number of nitrogens with one attached hydrogen (secondary N) is 1. The Balaban J connectivity index is 2.02. The number of carbonyl (C=O) groups excluding carboxylic acids is 2. The zero-order chi connectivity index (χ0) is 18.4. The van der Waals surface area contributed by atoms with E-state index >= 15 is 0 Å². The lowest BCUT2D eigenvalue weighted by Crippen LogP contribution is -2.20. The highest BCUT2D eigenvalue weighted by Gasteiger charge is 2.13. The van der Waals surface area contributed by atoms with Crippen molar-refractivity contribution in [3.05, 3.63) is 58.1 Å². The van der Waals surface area contributed by atoms with Gasteiger partial charge >= 0.3 is 5.97 Å². The summed E-state index contributed by atoms with van der Waals surface area (Å²) in [6.45, 7) is 5.74. The summed E-state index contributed by atoms with van der Waals surface area (Å²) in [5, 5.41) is 2.95. The molecule has 25 heavy (non-hydrogen) atoms. The van der Waals surface area contributed by atoms with Gasteiger partial charge in [0.15, 0.2) is 6.61 Å². The second-order valence-corrected chi connectivity index (χ2v) is 5.86. The number of benzene rings is 2. The molecule has 0 heterocycles. The van der Waals surface area contributed by atoms with Gasteiger partial charge in [0.05, 0.1) is 17.2 Å². The maximum atomic E-state index is 12.1. The zero-order valence-electron chi connectivity index (χ0n) is 14.4. The Hall–Kier alpha value is -2.53. The lowest BCUT2D eigenvalue weighted by molar-refractivity contribution is -0.118. The van der Waals surface area contributed by atoms with Crippen LogP contribution >= 0.6 is 11.6 Å². The van der Waals surface area contributed by atoms with Crippen molar-refractivity contribution in [3.8, 4) is 5.75 Å². The van der Waals surface area contributed by atoms with Crippen LogP contribution in [0.2, 0.25) is 5.02 Å². The second kappa shape index (κ2) is 8.53. The van der Waals surface area contributed by atoms with Gasteiger partial charge in [0.2, 0.25) is 0 Å². The molecule has 0 unspecified atom stereocenters. The molecule has 2 aromatic carbocycles. The molecule has 132 valence electrons. The molecule has 0 bridgehead atoms. The van der Waals surface area contributed by atoms with E-state index in [9.17, 15) is 9.59 Å². The van der Waals surface area contributed by atoms with Crippen molar-refractivity contribution in [1.29, 1.82) is 0 Å². The molecular formula is C19H20ClNO4. The molecule has 5 nitrogen and oxygen atoms in total. The summed E-state index contributed by atoms with van der Waals surface area (Å²) in [6.07, 6.45) is 0. The first-order chi connectivity index (χ1) is 11.9. The molecule has 0 spiro atoms. The number of rotatable bonds is 6. The molecule has 2 aromatic rings. The Morgan fingerprint density at radius 3 is 2.64 bits per heavy atom. The number of amides is 1. The molecule has 0 atom stereocenters. The molecule has 0 fully saturated rings. The predicted octanol–water partition coefficient (Wildman–Crippen LogP) is 4.15.